The highest BCUT2D eigenvalue weighted by Gasteiger charge is 2.16. The van der Waals surface area contributed by atoms with Crippen molar-refractivity contribution in [1.82, 2.24) is 24.5 Å². The lowest BCUT2D eigenvalue weighted by molar-refractivity contribution is 0.622. The summed E-state index contributed by atoms with van der Waals surface area (Å²) in [4.78, 5) is 17.5. The molecular weight excluding hydrogens is 284 g/mol. The molecule has 0 amide bonds. The Bertz CT molecular complexity index is 565. The van der Waals surface area contributed by atoms with Crippen molar-refractivity contribution in [3.63, 3.8) is 0 Å². The van der Waals surface area contributed by atoms with Crippen molar-refractivity contribution in [2.24, 2.45) is 5.92 Å². The summed E-state index contributed by atoms with van der Waals surface area (Å²) in [6.45, 7) is 2.83. The molecule has 1 N–H and O–H groups in total. The second-order valence-corrected chi connectivity index (χ2v) is 6.19. The third-order valence-electron chi connectivity index (χ3n) is 3.60. The molecule has 21 heavy (non-hydrogen) atoms. The van der Waals surface area contributed by atoms with Gasteiger partial charge in [0.25, 0.3) is 0 Å². The van der Waals surface area contributed by atoms with E-state index in [0.717, 1.165) is 23.4 Å². The summed E-state index contributed by atoms with van der Waals surface area (Å²) in [5.41, 5.74) is 0. The number of rotatable bonds is 6. The third kappa shape index (κ3) is 3.72. The van der Waals surface area contributed by atoms with Gasteiger partial charge < -0.3 is 5.32 Å². The van der Waals surface area contributed by atoms with Gasteiger partial charge in [0.05, 0.1) is 0 Å². The molecular formula is C14H20N6S. The van der Waals surface area contributed by atoms with Gasteiger partial charge in [-0.05, 0) is 25.7 Å². The van der Waals surface area contributed by atoms with Crippen LogP contribution in [0.4, 0.5) is 5.95 Å². The molecule has 0 aromatic carbocycles. The van der Waals surface area contributed by atoms with Crippen LogP contribution in [0.1, 0.15) is 32.6 Å². The van der Waals surface area contributed by atoms with Gasteiger partial charge in [-0.25, -0.2) is 4.98 Å². The Balaban J connectivity index is 1.77. The fraction of sp³-hybridized carbons (Fsp3) is 0.571. The van der Waals surface area contributed by atoms with E-state index in [4.69, 9.17) is 0 Å². The molecule has 7 heteroatoms. The number of nitrogens with zero attached hydrogens (tertiary/aromatic N) is 5. The van der Waals surface area contributed by atoms with Crippen LogP contribution in [0.3, 0.4) is 0 Å². The van der Waals surface area contributed by atoms with Crippen molar-refractivity contribution < 1.29 is 0 Å². The summed E-state index contributed by atoms with van der Waals surface area (Å²) in [5, 5.41) is 3.96. The highest BCUT2D eigenvalue weighted by atomic mass is 32.2. The fourth-order valence-electron chi connectivity index (χ4n) is 2.51. The van der Waals surface area contributed by atoms with Gasteiger partial charge in [-0.2, -0.15) is 15.0 Å². The lowest BCUT2D eigenvalue weighted by Crippen LogP contribution is -2.09. The topological polar surface area (TPSA) is 68.5 Å². The number of thioether (sulfide) groups is 1. The van der Waals surface area contributed by atoms with E-state index in [-0.39, 0.29) is 0 Å². The van der Waals surface area contributed by atoms with Gasteiger partial charge in [0, 0.05) is 24.7 Å². The first-order chi connectivity index (χ1) is 10.3. The monoisotopic (exact) mass is 304 g/mol. The molecule has 1 fully saturated rings. The first-order valence-electron chi connectivity index (χ1n) is 7.46. The smallest absolute Gasteiger partial charge is 0.240 e. The van der Waals surface area contributed by atoms with Crippen LogP contribution in [0, 0.1) is 5.92 Å². The van der Waals surface area contributed by atoms with Crippen LogP contribution < -0.4 is 5.32 Å². The van der Waals surface area contributed by atoms with Crippen molar-refractivity contribution in [1.29, 1.82) is 0 Å². The van der Waals surface area contributed by atoms with Crippen LogP contribution in [-0.4, -0.2) is 36.8 Å². The molecule has 0 unspecified atom stereocenters. The highest BCUT2D eigenvalue weighted by molar-refractivity contribution is 7.99. The molecule has 1 aliphatic rings. The number of aromatic nitrogens is 5. The first kappa shape index (κ1) is 14.3. The minimum absolute atomic E-state index is 0.618. The standard InChI is InChI=1S/C14H20N6S/c1-2-16-12-17-13(20-8-7-15-10-20)19-14(18-12)21-9-11-5-3-4-6-11/h7-8,10-11H,2-6,9H2,1H3,(H,16,17,18,19). The second-order valence-electron chi connectivity index (χ2n) is 5.20. The zero-order valence-corrected chi connectivity index (χ0v) is 13.0. The van der Waals surface area contributed by atoms with E-state index in [2.05, 4.69) is 25.3 Å². The molecule has 1 aliphatic carbocycles. The summed E-state index contributed by atoms with van der Waals surface area (Å²) >= 11 is 1.73. The molecule has 0 saturated heterocycles. The van der Waals surface area contributed by atoms with Crippen LogP contribution in [0.25, 0.3) is 5.95 Å². The molecule has 6 nitrogen and oxygen atoms in total. The normalized spacial score (nSPS) is 15.5. The average Bonchev–Trinajstić information content (AvgIpc) is 3.19. The Morgan fingerprint density at radius 1 is 1.29 bits per heavy atom. The second kappa shape index (κ2) is 6.89. The fourth-order valence-corrected chi connectivity index (χ4v) is 3.53. The number of nitrogens with one attached hydrogen (secondary N) is 1. The molecule has 2 aromatic heterocycles. The third-order valence-corrected chi connectivity index (χ3v) is 4.68. The highest BCUT2D eigenvalue weighted by Crippen LogP contribution is 2.30. The largest absolute Gasteiger partial charge is 0.354 e. The molecule has 112 valence electrons. The van der Waals surface area contributed by atoms with Gasteiger partial charge in [0.15, 0.2) is 5.16 Å². The van der Waals surface area contributed by atoms with E-state index in [1.54, 1.807) is 24.3 Å². The van der Waals surface area contributed by atoms with Crippen molar-refractivity contribution >= 4 is 17.7 Å². The molecule has 0 radical (unpaired) electrons. The summed E-state index contributed by atoms with van der Waals surface area (Å²) in [6.07, 6.45) is 10.7. The van der Waals surface area contributed by atoms with Gasteiger partial charge in [-0.15, -0.1) is 0 Å². The molecule has 2 heterocycles. The Kier molecular flexibility index (Phi) is 4.69. The maximum absolute atomic E-state index is 4.54. The van der Waals surface area contributed by atoms with Crippen molar-refractivity contribution in [2.75, 3.05) is 17.6 Å². The summed E-state index contributed by atoms with van der Waals surface area (Å²) < 4.78 is 1.81. The molecule has 0 aliphatic heterocycles. The Labute approximate surface area is 128 Å². The molecule has 3 rings (SSSR count). The maximum atomic E-state index is 4.54. The predicted octanol–water partition coefficient (Wildman–Crippen LogP) is 2.77. The van der Waals surface area contributed by atoms with E-state index in [1.807, 2.05) is 17.7 Å². The number of anilines is 1. The summed E-state index contributed by atoms with van der Waals surface area (Å²) in [5.74, 6) is 3.16. The predicted molar refractivity (Wildman–Crippen MR) is 83.8 cm³/mol. The van der Waals surface area contributed by atoms with Gasteiger partial charge in [-0.3, -0.25) is 4.57 Å². The minimum atomic E-state index is 0.618. The maximum Gasteiger partial charge on any atom is 0.240 e. The molecule has 2 aromatic rings. The van der Waals surface area contributed by atoms with Gasteiger partial charge in [0.2, 0.25) is 11.9 Å². The zero-order chi connectivity index (χ0) is 14.5. The molecule has 0 atom stereocenters. The van der Waals surface area contributed by atoms with E-state index >= 15 is 0 Å². The van der Waals surface area contributed by atoms with E-state index in [0.29, 0.717) is 11.9 Å². The van der Waals surface area contributed by atoms with Gasteiger partial charge >= 0.3 is 0 Å². The minimum Gasteiger partial charge on any atom is -0.354 e. The van der Waals surface area contributed by atoms with E-state index in [9.17, 15) is 0 Å². The first-order valence-corrected chi connectivity index (χ1v) is 8.45. The van der Waals surface area contributed by atoms with Crippen molar-refractivity contribution in [3.8, 4) is 5.95 Å². The molecule has 0 spiro atoms. The van der Waals surface area contributed by atoms with Crippen LogP contribution in [0.5, 0.6) is 0 Å². The van der Waals surface area contributed by atoms with Crippen LogP contribution in [0.15, 0.2) is 23.9 Å². The lowest BCUT2D eigenvalue weighted by Gasteiger charge is -2.10. The van der Waals surface area contributed by atoms with Crippen LogP contribution in [0.2, 0.25) is 0 Å². The SMILES string of the molecule is CCNc1nc(SCC2CCCC2)nc(-n2ccnc2)n1. The van der Waals surface area contributed by atoms with Gasteiger partial charge in [-0.1, -0.05) is 24.6 Å². The van der Waals surface area contributed by atoms with E-state index < -0.39 is 0 Å². The lowest BCUT2D eigenvalue weighted by atomic mass is 10.1. The van der Waals surface area contributed by atoms with Gasteiger partial charge in [0.1, 0.15) is 6.33 Å². The van der Waals surface area contributed by atoms with Crippen molar-refractivity contribution in [3.05, 3.63) is 18.7 Å². The quantitative estimate of drug-likeness (QED) is 0.828. The average molecular weight is 304 g/mol. The van der Waals surface area contributed by atoms with E-state index in [1.165, 1.54) is 25.7 Å². The Hall–Kier alpha value is -1.63. The summed E-state index contributed by atoms with van der Waals surface area (Å²) in [6, 6.07) is 0. The number of hydrogen-bond donors (Lipinski definition) is 1. The zero-order valence-electron chi connectivity index (χ0n) is 12.2. The Morgan fingerprint density at radius 3 is 2.86 bits per heavy atom. The Morgan fingerprint density at radius 2 is 2.14 bits per heavy atom. The van der Waals surface area contributed by atoms with Crippen molar-refractivity contribution in [2.45, 2.75) is 37.8 Å². The summed E-state index contributed by atoms with van der Waals surface area (Å²) in [7, 11) is 0. The molecule has 1 saturated carbocycles. The molecule has 0 bridgehead atoms. The van der Waals surface area contributed by atoms with Crippen LogP contribution in [-0.2, 0) is 0 Å². The number of imidazole rings is 1. The van der Waals surface area contributed by atoms with Crippen LogP contribution >= 0.6 is 11.8 Å². The number of hydrogen-bond acceptors (Lipinski definition) is 6.